The Morgan fingerprint density at radius 2 is 1.69 bits per heavy atom. The predicted molar refractivity (Wildman–Crippen MR) is 92.2 cm³/mol. The molecule has 2 N–H and O–H groups in total. The van der Waals surface area contributed by atoms with Crippen molar-refractivity contribution < 1.29 is 24.0 Å². The van der Waals surface area contributed by atoms with E-state index in [2.05, 4.69) is 15.4 Å². The molecule has 2 aromatic rings. The highest BCUT2D eigenvalue weighted by Crippen LogP contribution is 2.20. The second kappa shape index (κ2) is 7.88. The van der Waals surface area contributed by atoms with E-state index in [0.29, 0.717) is 11.3 Å². The Hall–Kier alpha value is -3.75. The summed E-state index contributed by atoms with van der Waals surface area (Å²) in [5, 5.41) is 16.0. The van der Waals surface area contributed by atoms with Gasteiger partial charge >= 0.3 is 5.97 Å². The van der Waals surface area contributed by atoms with Gasteiger partial charge in [-0.15, -0.1) is 0 Å². The van der Waals surface area contributed by atoms with E-state index in [1.165, 1.54) is 19.2 Å². The summed E-state index contributed by atoms with van der Waals surface area (Å²) in [5.74, 6) is -1.80. The van der Waals surface area contributed by atoms with Crippen LogP contribution in [0.25, 0.3) is 0 Å². The molecule has 2 amide bonds. The number of carbonyl (C=O) groups excluding carboxylic acids is 3. The standard InChI is InChI=1S/C17H15N3O6/c1-18-15(21)10-4-3-5-13(7-10)19-16(22)11-6-12(17(23)26-2)9-14(8-11)20(24)25/h3-9H,1-2H3,(H,18,21)(H,19,22). The van der Waals surface area contributed by atoms with Crippen LogP contribution in [0.2, 0.25) is 0 Å². The lowest BCUT2D eigenvalue weighted by atomic mass is 10.1. The highest BCUT2D eigenvalue weighted by atomic mass is 16.6. The Balaban J connectivity index is 2.34. The number of nitro benzene ring substituents is 1. The fourth-order valence-electron chi connectivity index (χ4n) is 2.17. The molecular weight excluding hydrogens is 342 g/mol. The number of nitro groups is 1. The van der Waals surface area contributed by atoms with Gasteiger partial charge in [0.05, 0.1) is 17.6 Å². The lowest BCUT2D eigenvalue weighted by Crippen LogP contribution is -2.18. The van der Waals surface area contributed by atoms with Crippen molar-refractivity contribution in [2.75, 3.05) is 19.5 Å². The van der Waals surface area contributed by atoms with E-state index in [1.54, 1.807) is 18.2 Å². The third-order valence-electron chi connectivity index (χ3n) is 3.42. The fraction of sp³-hybridized carbons (Fsp3) is 0.118. The molecule has 0 aliphatic carbocycles. The van der Waals surface area contributed by atoms with Crippen molar-refractivity contribution in [3.8, 4) is 0 Å². The minimum absolute atomic E-state index is 0.0926. The summed E-state index contributed by atoms with van der Waals surface area (Å²) in [4.78, 5) is 46.0. The molecule has 134 valence electrons. The second-order valence-electron chi connectivity index (χ2n) is 5.13. The van der Waals surface area contributed by atoms with E-state index >= 15 is 0 Å². The first-order valence-corrected chi connectivity index (χ1v) is 7.37. The van der Waals surface area contributed by atoms with Crippen molar-refractivity contribution in [1.29, 1.82) is 0 Å². The number of rotatable bonds is 5. The molecule has 0 fully saturated rings. The zero-order chi connectivity index (χ0) is 19.3. The number of methoxy groups -OCH3 is 1. The molecule has 2 aromatic carbocycles. The second-order valence-corrected chi connectivity index (χ2v) is 5.13. The van der Waals surface area contributed by atoms with Crippen LogP contribution in [0.4, 0.5) is 11.4 Å². The highest BCUT2D eigenvalue weighted by Gasteiger charge is 2.18. The molecule has 0 bridgehead atoms. The number of non-ortho nitro benzene ring substituents is 1. The first-order valence-electron chi connectivity index (χ1n) is 7.37. The van der Waals surface area contributed by atoms with Gasteiger partial charge in [-0.3, -0.25) is 19.7 Å². The minimum Gasteiger partial charge on any atom is -0.465 e. The van der Waals surface area contributed by atoms with Crippen LogP contribution in [0.3, 0.4) is 0 Å². The number of benzene rings is 2. The SMILES string of the molecule is CNC(=O)c1cccc(NC(=O)c2cc(C(=O)OC)cc([N+](=O)[O-])c2)c1. The van der Waals surface area contributed by atoms with Gasteiger partial charge in [-0.05, 0) is 24.3 Å². The fourth-order valence-corrected chi connectivity index (χ4v) is 2.17. The number of nitrogens with one attached hydrogen (secondary N) is 2. The smallest absolute Gasteiger partial charge is 0.338 e. The van der Waals surface area contributed by atoms with Crippen molar-refractivity contribution in [1.82, 2.24) is 5.32 Å². The van der Waals surface area contributed by atoms with Crippen molar-refractivity contribution >= 4 is 29.2 Å². The van der Waals surface area contributed by atoms with Crippen LogP contribution in [-0.2, 0) is 4.74 Å². The van der Waals surface area contributed by atoms with Crippen LogP contribution in [0, 0.1) is 10.1 Å². The molecule has 2 rings (SSSR count). The summed E-state index contributed by atoms with van der Waals surface area (Å²) < 4.78 is 4.54. The molecule has 0 aromatic heterocycles. The highest BCUT2D eigenvalue weighted by molar-refractivity contribution is 6.07. The molecule has 0 aliphatic heterocycles. The predicted octanol–water partition coefficient (Wildman–Crippen LogP) is 1.99. The van der Waals surface area contributed by atoms with Crippen LogP contribution in [0.1, 0.15) is 31.1 Å². The molecule has 9 heteroatoms. The van der Waals surface area contributed by atoms with Gasteiger partial charge < -0.3 is 15.4 Å². The number of ether oxygens (including phenoxy) is 1. The number of esters is 1. The third kappa shape index (κ3) is 4.20. The molecule has 0 unspecified atom stereocenters. The van der Waals surface area contributed by atoms with E-state index in [4.69, 9.17) is 0 Å². The van der Waals surface area contributed by atoms with Crippen LogP contribution < -0.4 is 10.6 Å². The van der Waals surface area contributed by atoms with E-state index in [1.807, 2.05) is 0 Å². The molecule has 0 saturated heterocycles. The van der Waals surface area contributed by atoms with Crippen LogP contribution in [-0.4, -0.2) is 36.9 Å². The van der Waals surface area contributed by atoms with Crippen molar-refractivity contribution in [3.05, 3.63) is 69.3 Å². The van der Waals surface area contributed by atoms with Crippen LogP contribution >= 0.6 is 0 Å². The maximum absolute atomic E-state index is 12.4. The summed E-state index contributed by atoms with van der Waals surface area (Å²) in [7, 11) is 2.61. The Bertz CT molecular complexity index is 894. The quantitative estimate of drug-likeness (QED) is 0.478. The van der Waals surface area contributed by atoms with Gasteiger partial charge in [0.15, 0.2) is 0 Å². The summed E-state index contributed by atoms with van der Waals surface area (Å²) >= 11 is 0. The van der Waals surface area contributed by atoms with Crippen molar-refractivity contribution in [2.45, 2.75) is 0 Å². The lowest BCUT2D eigenvalue weighted by Gasteiger charge is -2.08. The number of hydrogen-bond donors (Lipinski definition) is 2. The Morgan fingerprint density at radius 1 is 1.00 bits per heavy atom. The van der Waals surface area contributed by atoms with Gasteiger partial charge in [-0.25, -0.2) is 4.79 Å². The number of nitrogens with zero attached hydrogens (tertiary/aromatic N) is 1. The van der Waals surface area contributed by atoms with Crippen molar-refractivity contribution in [2.24, 2.45) is 0 Å². The topological polar surface area (TPSA) is 128 Å². The summed E-state index contributed by atoms with van der Waals surface area (Å²) in [6.07, 6.45) is 0. The average Bonchev–Trinajstić information content (AvgIpc) is 2.66. The summed E-state index contributed by atoms with van der Waals surface area (Å²) in [6, 6.07) is 9.42. The third-order valence-corrected chi connectivity index (χ3v) is 3.42. The van der Waals surface area contributed by atoms with Gasteiger partial charge in [-0.2, -0.15) is 0 Å². The number of hydrogen-bond acceptors (Lipinski definition) is 6. The van der Waals surface area contributed by atoms with E-state index in [-0.39, 0.29) is 17.0 Å². The monoisotopic (exact) mass is 357 g/mol. The Kier molecular flexibility index (Phi) is 5.63. The summed E-state index contributed by atoms with van der Waals surface area (Å²) in [6.45, 7) is 0. The maximum Gasteiger partial charge on any atom is 0.338 e. The molecule has 0 heterocycles. The molecular formula is C17H15N3O6. The lowest BCUT2D eigenvalue weighted by molar-refractivity contribution is -0.384. The Morgan fingerprint density at radius 3 is 2.31 bits per heavy atom. The first kappa shape index (κ1) is 18.6. The number of anilines is 1. The molecule has 0 radical (unpaired) electrons. The van der Waals surface area contributed by atoms with E-state index in [0.717, 1.165) is 19.2 Å². The molecule has 0 saturated carbocycles. The summed E-state index contributed by atoms with van der Waals surface area (Å²) in [5.41, 5.74) is 0.0230. The van der Waals surface area contributed by atoms with Gasteiger partial charge in [0, 0.05) is 36.0 Å². The minimum atomic E-state index is -0.802. The molecule has 9 nitrogen and oxygen atoms in total. The van der Waals surface area contributed by atoms with Gasteiger partial charge in [-0.1, -0.05) is 6.07 Å². The molecule has 26 heavy (non-hydrogen) atoms. The van der Waals surface area contributed by atoms with Crippen LogP contribution in [0.5, 0.6) is 0 Å². The molecule has 0 spiro atoms. The zero-order valence-electron chi connectivity index (χ0n) is 13.9. The van der Waals surface area contributed by atoms with Gasteiger partial charge in [0.1, 0.15) is 0 Å². The normalized spacial score (nSPS) is 9.92. The number of carbonyl (C=O) groups is 3. The van der Waals surface area contributed by atoms with Crippen molar-refractivity contribution in [3.63, 3.8) is 0 Å². The Labute approximate surface area is 148 Å². The maximum atomic E-state index is 12.4. The van der Waals surface area contributed by atoms with E-state index in [9.17, 15) is 24.5 Å². The average molecular weight is 357 g/mol. The molecule has 0 aliphatic rings. The largest absolute Gasteiger partial charge is 0.465 e. The van der Waals surface area contributed by atoms with Gasteiger partial charge in [0.2, 0.25) is 0 Å². The van der Waals surface area contributed by atoms with Gasteiger partial charge in [0.25, 0.3) is 17.5 Å². The van der Waals surface area contributed by atoms with E-state index < -0.39 is 22.5 Å². The zero-order valence-corrected chi connectivity index (χ0v) is 13.9. The van der Waals surface area contributed by atoms with Crippen LogP contribution in [0.15, 0.2) is 42.5 Å². The first-order chi connectivity index (χ1) is 12.3. The molecule has 0 atom stereocenters. The number of amides is 2.